The Balaban J connectivity index is 2.09. The first-order valence-corrected chi connectivity index (χ1v) is 6.43. The molecule has 4 N–H and O–H groups in total. The molecule has 0 heterocycles. The number of nitrogens with two attached hydrogens (primary N) is 1. The van der Waals surface area contributed by atoms with Gasteiger partial charge in [0.1, 0.15) is 0 Å². The van der Waals surface area contributed by atoms with Gasteiger partial charge in [0, 0.05) is 18.2 Å². The Morgan fingerprint density at radius 1 is 1.40 bits per heavy atom. The maximum atomic E-state index is 11.5. The van der Waals surface area contributed by atoms with Crippen molar-refractivity contribution in [2.24, 2.45) is 5.73 Å². The average Bonchev–Trinajstić information content (AvgIpc) is 2.18. The molecule has 0 aromatic carbocycles. The second kappa shape index (κ2) is 6.71. The first-order valence-electron chi connectivity index (χ1n) is 5.44. The van der Waals surface area contributed by atoms with Gasteiger partial charge in [-0.1, -0.05) is 31.0 Å². The smallest absolute Gasteiger partial charge is 0.221 e. The first-order chi connectivity index (χ1) is 7.18. The van der Waals surface area contributed by atoms with E-state index in [-0.39, 0.29) is 11.1 Å². The fourth-order valence-electron chi connectivity index (χ4n) is 1.80. The highest BCUT2D eigenvalue weighted by molar-refractivity contribution is 8.13. The lowest BCUT2D eigenvalue weighted by molar-refractivity contribution is -0.121. The minimum atomic E-state index is 0.0838. The van der Waals surface area contributed by atoms with E-state index in [1.54, 1.807) is 0 Å². The van der Waals surface area contributed by atoms with Crippen LogP contribution < -0.4 is 11.1 Å². The third kappa shape index (κ3) is 5.67. The molecule has 0 aliphatic heterocycles. The molecule has 1 fully saturated rings. The molecule has 1 rings (SSSR count). The van der Waals surface area contributed by atoms with E-state index in [1.165, 1.54) is 31.0 Å². The summed E-state index contributed by atoms with van der Waals surface area (Å²) in [5.41, 5.74) is 5.18. The van der Waals surface area contributed by atoms with Gasteiger partial charge >= 0.3 is 0 Å². The number of hydrogen-bond acceptors (Lipinski definition) is 3. The van der Waals surface area contributed by atoms with Crippen molar-refractivity contribution in [3.05, 3.63) is 0 Å². The van der Waals surface area contributed by atoms with Gasteiger partial charge in [-0.2, -0.15) is 0 Å². The molecular weight excluding hydrogens is 210 g/mol. The van der Waals surface area contributed by atoms with Crippen molar-refractivity contribution < 1.29 is 4.79 Å². The van der Waals surface area contributed by atoms with Crippen LogP contribution >= 0.6 is 11.8 Å². The van der Waals surface area contributed by atoms with E-state index in [0.717, 1.165) is 12.8 Å². The molecule has 1 amide bonds. The van der Waals surface area contributed by atoms with E-state index >= 15 is 0 Å². The van der Waals surface area contributed by atoms with Gasteiger partial charge in [0.25, 0.3) is 0 Å². The molecule has 1 aliphatic rings. The summed E-state index contributed by atoms with van der Waals surface area (Å²) in [6.45, 7) is 0. The van der Waals surface area contributed by atoms with Gasteiger partial charge in [0.2, 0.25) is 5.91 Å². The standard InChI is InChI=1S/C10H19N3OS/c11-10(12)15-7-6-9(14)13-8-4-2-1-3-5-8/h8H,1-7H2,(H3,11,12)(H,13,14). The molecule has 0 unspecified atom stereocenters. The molecule has 0 bridgehead atoms. The maximum Gasteiger partial charge on any atom is 0.221 e. The summed E-state index contributed by atoms with van der Waals surface area (Å²) in [6, 6.07) is 0.383. The maximum absolute atomic E-state index is 11.5. The lowest BCUT2D eigenvalue weighted by atomic mass is 9.95. The van der Waals surface area contributed by atoms with Crippen LogP contribution in [0.25, 0.3) is 0 Å². The third-order valence-electron chi connectivity index (χ3n) is 2.56. The Bertz CT molecular complexity index is 227. The third-order valence-corrected chi connectivity index (χ3v) is 3.28. The van der Waals surface area contributed by atoms with Gasteiger partial charge in [-0.15, -0.1) is 0 Å². The molecule has 0 spiro atoms. The molecular formula is C10H19N3OS. The molecule has 0 atom stereocenters. The molecule has 15 heavy (non-hydrogen) atoms. The molecule has 1 aliphatic carbocycles. The largest absolute Gasteiger partial charge is 0.379 e. The summed E-state index contributed by atoms with van der Waals surface area (Å²) in [5.74, 6) is 0.698. The number of thioether (sulfide) groups is 1. The normalized spacial score (nSPS) is 17.3. The van der Waals surface area contributed by atoms with Crippen molar-refractivity contribution in [1.82, 2.24) is 5.32 Å². The van der Waals surface area contributed by atoms with E-state index in [1.807, 2.05) is 0 Å². The van der Waals surface area contributed by atoms with E-state index in [0.29, 0.717) is 18.2 Å². The highest BCUT2D eigenvalue weighted by Crippen LogP contribution is 2.17. The number of amidine groups is 1. The molecule has 0 aromatic heterocycles. The average molecular weight is 229 g/mol. The van der Waals surface area contributed by atoms with Gasteiger partial charge in [-0.3, -0.25) is 10.2 Å². The molecule has 4 nitrogen and oxygen atoms in total. The predicted molar refractivity (Wildman–Crippen MR) is 64.0 cm³/mol. The summed E-state index contributed by atoms with van der Waals surface area (Å²) < 4.78 is 0. The molecule has 0 saturated heterocycles. The lowest BCUT2D eigenvalue weighted by Gasteiger charge is -2.22. The Morgan fingerprint density at radius 2 is 2.07 bits per heavy atom. The SMILES string of the molecule is N=C(N)SCCC(=O)NC1CCCCC1. The minimum absolute atomic E-state index is 0.0838. The zero-order chi connectivity index (χ0) is 11.1. The van der Waals surface area contributed by atoms with Gasteiger partial charge in [0.15, 0.2) is 5.17 Å². The number of amides is 1. The van der Waals surface area contributed by atoms with Crippen molar-refractivity contribution in [2.75, 3.05) is 5.75 Å². The van der Waals surface area contributed by atoms with E-state index in [9.17, 15) is 4.79 Å². The van der Waals surface area contributed by atoms with Gasteiger partial charge < -0.3 is 11.1 Å². The number of hydrogen-bond donors (Lipinski definition) is 3. The van der Waals surface area contributed by atoms with E-state index in [2.05, 4.69) is 5.32 Å². The zero-order valence-electron chi connectivity index (χ0n) is 8.92. The summed E-state index contributed by atoms with van der Waals surface area (Å²) in [6.07, 6.45) is 6.45. The zero-order valence-corrected chi connectivity index (χ0v) is 9.74. The fraction of sp³-hybridized carbons (Fsp3) is 0.800. The van der Waals surface area contributed by atoms with Crippen molar-refractivity contribution in [2.45, 2.75) is 44.6 Å². The number of nitrogens with one attached hydrogen (secondary N) is 2. The van der Waals surface area contributed by atoms with Crippen LogP contribution in [-0.4, -0.2) is 22.9 Å². The van der Waals surface area contributed by atoms with E-state index in [4.69, 9.17) is 11.1 Å². The van der Waals surface area contributed by atoms with Crippen LogP contribution in [0.5, 0.6) is 0 Å². The Labute approximate surface area is 94.9 Å². The summed E-state index contributed by atoms with van der Waals surface area (Å²) >= 11 is 1.22. The Morgan fingerprint density at radius 3 is 2.67 bits per heavy atom. The minimum Gasteiger partial charge on any atom is -0.379 e. The molecule has 86 valence electrons. The summed E-state index contributed by atoms with van der Waals surface area (Å²) in [5, 5.41) is 10.1. The monoisotopic (exact) mass is 229 g/mol. The number of carbonyl (C=O) groups excluding carboxylic acids is 1. The van der Waals surface area contributed by atoms with Crippen molar-refractivity contribution in [1.29, 1.82) is 5.41 Å². The van der Waals surface area contributed by atoms with Gasteiger partial charge in [-0.05, 0) is 12.8 Å². The fourth-order valence-corrected chi connectivity index (χ4v) is 2.31. The second-order valence-electron chi connectivity index (χ2n) is 3.87. The Hall–Kier alpha value is -0.710. The van der Waals surface area contributed by atoms with Crippen LogP contribution in [0.3, 0.4) is 0 Å². The van der Waals surface area contributed by atoms with Crippen LogP contribution in [0.2, 0.25) is 0 Å². The van der Waals surface area contributed by atoms with Gasteiger partial charge in [-0.25, -0.2) is 0 Å². The number of carbonyl (C=O) groups is 1. The second-order valence-corrected chi connectivity index (χ2v) is 5.00. The van der Waals surface area contributed by atoms with E-state index < -0.39 is 0 Å². The van der Waals surface area contributed by atoms with Crippen LogP contribution in [0.4, 0.5) is 0 Å². The van der Waals surface area contributed by atoms with Crippen LogP contribution in [-0.2, 0) is 4.79 Å². The molecule has 0 radical (unpaired) electrons. The number of rotatable bonds is 4. The van der Waals surface area contributed by atoms with Crippen LogP contribution in [0.15, 0.2) is 0 Å². The summed E-state index contributed by atoms with van der Waals surface area (Å²) in [4.78, 5) is 11.5. The quantitative estimate of drug-likeness (QED) is 0.504. The van der Waals surface area contributed by atoms with Crippen LogP contribution in [0.1, 0.15) is 38.5 Å². The lowest BCUT2D eigenvalue weighted by Crippen LogP contribution is -2.36. The topological polar surface area (TPSA) is 79.0 Å². The van der Waals surface area contributed by atoms with Crippen molar-refractivity contribution in [3.8, 4) is 0 Å². The van der Waals surface area contributed by atoms with Crippen molar-refractivity contribution in [3.63, 3.8) is 0 Å². The first kappa shape index (κ1) is 12.4. The van der Waals surface area contributed by atoms with Crippen LogP contribution in [0, 0.1) is 5.41 Å². The molecule has 5 heteroatoms. The highest BCUT2D eigenvalue weighted by atomic mass is 32.2. The Kier molecular flexibility index (Phi) is 5.53. The van der Waals surface area contributed by atoms with Crippen molar-refractivity contribution >= 4 is 22.8 Å². The molecule has 0 aromatic rings. The highest BCUT2D eigenvalue weighted by Gasteiger charge is 2.15. The summed E-state index contributed by atoms with van der Waals surface area (Å²) in [7, 11) is 0. The molecule has 1 saturated carbocycles. The predicted octanol–water partition coefficient (Wildman–Crippen LogP) is 1.45. The van der Waals surface area contributed by atoms with Gasteiger partial charge in [0.05, 0.1) is 0 Å².